The quantitative estimate of drug-likeness (QED) is 0.728. The number of methoxy groups -OCH3 is 1. The van der Waals surface area contributed by atoms with Crippen LogP contribution >= 0.6 is 0 Å². The van der Waals surface area contributed by atoms with Gasteiger partial charge in [-0.25, -0.2) is 9.50 Å². The molecule has 0 atom stereocenters. The van der Waals surface area contributed by atoms with Gasteiger partial charge in [0.05, 0.1) is 6.61 Å². The van der Waals surface area contributed by atoms with Crippen molar-refractivity contribution in [2.75, 3.05) is 13.7 Å². The summed E-state index contributed by atoms with van der Waals surface area (Å²) < 4.78 is 6.94. The predicted molar refractivity (Wildman–Crippen MR) is 76.5 cm³/mol. The molecule has 20 heavy (non-hydrogen) atoms. The molecule has 5 nitrogen and oxygen atoms in total. The number of rotatable bonds is 4. The summed E-state index contributed by atoms with van der Waals surface area (Å²) in [5.41, 5.74) is 3.97. The summed E-state index contributed by atoms with van der Waals surface area (Å²) in [5.74, 6) is 0.700. The summed E-state index contributed by atoms with van der Waals surface area (Å²) in [4.78, 5) is 8.81. The van der Waals surface area contributed by atoms with Gasteiger partial charge < -0.3 is 4.74 Å². The molecule has 0 bridgehead atoms. The molecule has 3 rings (SSSR count). The van der Waals surface area contributed by atoms with Gasteiger partial charge in [-0.2, -0.15) is 0 Å². The van der Waals surface area contributed by atoms with E-state index in [2.05, 4.69) is 21.1 Å². The summed E-state index contributed by atoms with van der Waals surface area (Å²) in [6, 6.07) is 8.01. The van der Waals surface area contributed by atoms with Gasteiger partial charge in [-0.1, -0.05) is 6.07 Å². The van der Waals surface area contributed by atoms with Crippen LogP contribution in [0.15, 0.2) is 36.7 Å². The topological polar surface area (TPSA) is 52.3 Å². The van der Waals surface area contributed by atoms with E-state index in [4.69, 9.17) is 4.74 Å². The fourth-order valence-corrected chi connectivity index (χ4v) is 2.12. The average Bonchev–Trinajstić information content (AvgIpc) is 2.91. The van der Waals surface area contributed by atoms with E-state index in [0.717, 1.165) is 28.9 Å². The number of fused-ring (bicyclic) bond motifs is 1. The Balaban J connectivity index is 2.00. The number of hydrogen-bond donors (Lipinski definition) is 0. The Morgan fingerprint density at radius 1 is 1.25 bits per heavy atom. The second-order valence-electron chi connectivity index (χ2n) is 4.70. The fourth-order valence-electron chi connectivity index (χ4n) is 2.12. The van der Waals surface area contributed by atoms with E-state index in [-0.39, 0.29) is 0 Å². The molecule has 0 aliphatic rings. The van der Waals surface area contributed by atoms with Crippen molar-refractivity contribution in [3.63, 3.8) is 0 Å². The van der Waals surface area contributed by atoms with Crippen LogP contribution in [0.25, 0.3) is 17.0 Å². The van der Waals surface area contributed by atoms with Crippen molar-refractivity contribution in [1.29, 1.82) is 0 Å². The first kappa shape index (κ1) is 12.7. The zero-order valence-electron chi connectivity index (χ0n) is 11.6. The molecule has 0 unspecified atom stereocenters. The first-order chi connectivity index (χ1) is 9.78. The SMILES string of the molecule is COCCc1cncc(-c2nc3cccc(C)n3n2)c1. The molecule has 0 spiro atoms. The van der Waals surface area contributed by atoms with Crippen LogP contribution in [0.5, 0.6) is 0 Å². The molecule has 0 saturated carbocycles. The Morgan fingerprint density at radius 3 is 2.95 bits per heavy atom. The number of nitrogens with zero attached hydrogens (tertiary/aromatic N) is 4. The average molecular weight is 268 g/mol. The van der Waals surface area contributed by atoms with E-state index in [1.165, 1.54) is 0 Å². The second kappa shape index (κ2) is 5.38. The van der Waals surface area contributed by atoms with Gasteiger partial charge in [0.2, 0.25) is 0 Å². The van der Waals surface area contributed by atoms with Crippen LogP contribution in [0.1, 0.15) is 11.3 Å². The maximum atomic E-state index is 5.09. The van der Waals surface area contributed by atoms with Gasteiger partial charge in [0.15, 0.2) is 11.5 Å². The maximum absolute atomic E-state index is 5.09. The van der Waals surface area contributed by atoms with Crippen LogP contribution in [0.3, 0.4) is 0 Å². The number of aryl methyl sites for hydroxylation is 1. The Labute approximate surface area is 117 Å². The Hall–Kier alpha value is -2.27. The second-order valence-corrected chi connectivity index (χ2v) is 4.70. The number of ether oxygens (including phenoxy) is 1. The van der Waals surface area contributed by atoms with Gasteiger partial charge in [0.1, 0.15) is 0 Å². The third kappa shape index (κ3) is 2.40. The zero-order valence-corrected chi connectivity index (χ0v) is 11.6. The maximum Gasteiger partial charge on any atom is 0.183 e. The fraction of sp³-hybridized carbons (Fsp3) is 0.267. The normalized spacial score (nSPS) is 11.1. The lowest BCUT2D eigenvalue weighted by atomic mass is 10.1. The van der Waals surface area contributed by atoms with Crippen LogP contribution in [-0.4, -0.2) is 33.3 Å². The smallest absolute Gasteiger partial charge is 0.183 e. The Morgan fingerprint density at radius 2 is 2.15 bits per heavy atom. The standard InChI is InChI=1S/C15H16N4O/c1-11-4-3-5-14-17-15(18-19(11)14)13-8-12(6-7-20-2)9-16-10-13/h3-5,8-10H,6-7H2,1-2H3. The van der Waals surface area contributed by atoms with E-state index >= 15 is 0 Å². The van der Waals surface area contributed by atoms with E-state index in [0.29, 0.717) is 12.4 Å². The zero-order chi connectivity index (χ0) is 13.9. The van der Waals surface area contributed by atoms with Crippen molar-refractivity contribution in [2.24, 2.45) is 0 Å². The minimum atomic E-state index is 0.683. The molecular weight excluding hydrogens is 252 g/mol. The van der Waals surface area contributed by atoms with Crippen molar-refractivity contribution in [3.05, 3.63) is 47.9 Å². The summed E-state index contributed by atoms with van der Waals surface area (Å²) in [5, 5.41) is 4.54. The minimum absolute atomic E-state index is 0.683. The molecule has 0 fully saturated rings. The van der Waals surface area contributed by atoms with Crippen molar-refractivity contribution in [2.45, 2.75) is 13.3 Å². The number of aromatic nitrogens is 4. The van der Waals surface area contributed by atoms with Crippen LogP contribution in [0, 0.1) is 6.92 Å². The monoisotopic (exact) mass is 268 g/mol. The lowest BCUT2D eigenvalue weighted by molar-refractivity contribution is 0.202. The summed E-state index contributed by atoms with van der Waals surface area (Å²) in [6.07, 6.45) is 4.48. The Kier molecular flexibility index (Phi) is 3.43. The van der Waals surface area contributed by atoms with Crippen molar-refractivity contribution in [3.8, 4) is 11.4 Å². The minimum Gasteiger partial charge on any atom is -0.384 e. The van der Waals surface area contributed by atoms with Crippen molar-refractivity contribution < 1.29 is 4.74 Å². The van der Waals surface area contributed by atoms with Crippen LogP contribution in [-0.2, 0) is 11.2 Å². The highest BCUT2D eigenvalue weighted by Crippen LogP contribution is 2.17. The lowest BCUT2D eigenvalue weighted by Gasteiger charge is -2.01. The molecule has 0 aliphatic carbocycles. The molecule has 5 heteroatoms. The van der Waals surface area contributed by atoms with Gasteiger partial charge in [0, 0.05) is 30.8 Å². The molecule has 0 radical (unpaired) electrons. The van der Waals surface area contributed by atoms with Crippen LogP contribution in [0.4, 0.5) is 0 Å². The number of pyridine rings is 2. The van der Waals surface area contributed by atoms with Gasteiger partial charge >= 0.3 is 0 Å². The lowest BCUT2D eigenvalue weighted by Crippen LogP contribution is -1.96. The summed E-state index contributed by atoms with van der Waals surface area (Å²) >= 11 is 0. The molecule has 0 aliphatic heterocycles. The predicted octanol–water partition coefficient (Wildman–Crippen LogP) is 2.29. The third-order valence-electron chi connectivity index (χ3n) is 3.20. The molecule has 0 aromatic carbocycles. The molecule has 0 amide bonds. The van der Waals surface area contributed by atoms with E-state index in [9.17, 15) is 0 Å². The first-order valence-corrected chi connectivity index (χ1v) is 6.53. The van der Waals surface area contributed by atoms with Gasteiger partial charge in [-0.3, -0.25) is 4.98 Å². The van der Waals surface area contributed by atoms with Gasteiger partial charge in [0.25, 0.3) is 0 Å². The van der Waals surface area contributed by atoms with E-state index in [1.807, 2.05) is 35.8 Å². The van der Waals surface area contributed by atoms with Gasteiger partial charge in [-0.05, 0) is 37.1 Å². The molecular formula is C15H16N4O. The van der Waals surface area contributed by atoms with Crippen molar-refractivity contribution >= 4 is 5.65 Å². The molecule has 102 valence electrons. The summed E-state index contributed by atoms with van der Waals surface area (Å²) in [6.45, 7) is 2.70. The molecule has 0 saturated heterocycles. The van der Waals surface area contributed by atoms with Crippen molar-refractivity contribution in [1.82, 2.24) is 19.6 Å². The highest BCUT2D eigenvalue weighted by molar-refractivity contribution is 5.58. The highest BCUT2D eigenvalue weighted by atomic mass is 16.5. The van der Waals surface area contributed by atoms with Crippen LogP contribution < -0.4 is 0 Å². The van der Waals surface area contributed by atoms with E-state index in [1.54, 1.807) is 13.3 Å². The highest BCUT2D eigenvalue weighted by Gasteiger charge is 2.08. The van der Waals surface area contributed by atoms with Crippen LogP contribution in [0.2, 0.25) is 0 Å². The molecule has 3 heterocycles. The Bertz CT molecular complexity index is 736. The number of hydrogen-bond acceptors (Lipinski definition) is 4. The van der Waals surface area contributed by atoms with E-state index < -0.39 is 0 Å². The third-order valence-corrected chi connectivity index (χ3v) is 3.20. The molecule has 3 aromatic heterocycles. The molecule has 3 aromatic rings. The molecule has 0 N–H and O–H groups in total. The first-order valence-electron chi connectivity index (χ1n) is 6.53. The largest absolute Gasteiger partial charge is 0.384 e. The summed E-state index contributed by atoms with van der Waals surface area (Å²) in [7, 11) is 1.70. The van der Waals surface area contributed by atoms with Gasteiger partial charge in [-0.15, -0.1) is 5.10 Å².